The van der Waals surface area contributed by atoms with Crippen LogP contribution in [0.1, 0.15) is 25.7 Å². The molecule has 1 aliphatic rings. The molecule has 2 nitrogen and oxygen atoms in total. The molecule has 0 bridgehead atoms. The highest BCUT2D eigenvalue weighted by molar-refractivity contribution is 5.10. The Bertz CT molecular complexity index is 194. The average molecular weight is 180 g/mol. The van der Waals surface area contributed by atoms with Crippen molar-refractivity contribution in [3.63, 3.8) is 0 Å². The standard InChI is InChI=1S/C11H20N2/c1-10-5-3-6-11(9-13-10)7-4-8-12-2/h7,12-13H,1,3-6,8-9H2,2H3/b11-7+. The molecule has 2 N–H and O–H groups in total. The third kappa shape index (κ3) is 4.13. The van der Waals surface area contributed by atoms with Crippen molar-refractivity contribution in [2.24, 2.45) is 0 Å². The minimum Gasteiger partial charge on any atom is -0.385 e. The lowest BCUT2D eigenvalue weighted by Crippen LogP contribution is -2.13. The van der Waals surface area contributed by atoms with E-state index in [1.165, 1.54) is 24.1 Å². The molecular weight excluding hydrogens is 160 g/mol. The van der Waals surface area contributed by atoms with E-state index in [1.807, 2.05) is 7.05 Å². The smallest absolute Gasteiger partial charge is 0.0357 e. The molecule has 0 aromatic heterocycles. The molecule has 0 aromatic rings. The molecule has 1 heterocycles. The van der Waals surface area contributed by atoms with Crippen molar-refractivity contribution >= 4 is 0 Å². The van der Waals surface area contributed by atoms with Gasteiger partial charge in [0, 0.05) is 12.2 Å². The van der Waals surface area contributed by atoms with Crippen LogP contribution >= 0.6 is 0 Å². The van der Waals surface area contributed by atoms with Gasteiger partial charge in [0.05, 0.1) is 0 Å². The van der Waals surface area contributed by atoms with Crippen LogP contribution in [-0.2, 0) is 0 Å². The molecule has 2 heteroatoms. The van der Waals surface area contributed by atoms with E-state index >= 15 is 0 Å². The van der Waals surface area contributed by atoms with E-state index in [1.54, 1.807) is 0 Å². The van der Waals surface area contributed by atoms with Crippen LogP contribution in [0.3, 0.4) is 0 Å². The maximum atomic E-state index is 3.95. The van der Waals surface area contributed by atoms with Crippen LogP contribution in [0.25, 0.3) is 0 Å². The summed E-state index contributed by atoms with van der Waals surface area (Å²) in [6.07, 6.45) is 7.10. The maximum Gasteiger partial charge on any atom is 0.0357 e. The lowest BCUT2D eigenvalue weighted by atomic mass is 10.1. The fourth-order valence-electron chi connectivity index (χ4n) is 1.54. The molecule has 0 aliphatic carbocycles. The SMILES string of the molecule is C=C1CCC/C(=C\CCNC)CN1. The van der Waals surface area contributed by atoms with E-state index in [2.05, 4.69) is 23.3 Å². The van der Waals surface area contributed by atoms with Gasteiger partial charge in [-0.15, -0.1) is 0 Å². The van der Waals surface area contributed by atoms with Gasteiger partial charge in [-0.3, -0.25) is 0 Å². The Morgan fingerprint density at radius 2 is 2.38 bits per heavy atom. The van der Waals surface area contributed by atoms with Gasteiger partial charge in [-0.05, 0) is 39.3 Å². The second kappa shape index (κ2) is 5.81. The maximum absolute atomic E-state index is 3.95. The van der Waals surface area contributed by atoms with Crippen molar-refractivity contribution in [2.75, 3.05) is 20.1 Å². The average Bonchev–Trinajstić information content (AvgIpc) is 2.32. The predicted molar refractivity (Wildman–Crippen MR) is 57.6 cm³/mol. The van der Waals surface area contributed by atoms with Crippen molar-refractivity contribution in [3.05, 3.63) is 23.9 Å². The van der Waals surface area contributed by atoms with Gasteiger partial charge >= 0.3 is 0 Å². The Morgan fingerprint density at radius 1 is 1.54 bits per heavy atom. The van der Waals surface area contributed by atoms with Gasteiger partial charge in [-0.2, -0.15) is 0 Å². The molecule has 1 saturated heterocycles. The zero-order valence-corrected chi connectivity index (χ0v) is 8.53. The van der Waals surface area contributed by atoms with Crippen LogP contribution in [0.15, 0.2) is 23.9 Å². The zero-order chi connectivity index (χ0) is 9.52. The highest BCUT2D eigenvalue weighted by atomic mass is 14.9. The monoisotopic (exact) mass is 180 g/mol. The summed E-state index contributed by atoms with van der Waals surface area (Å²) in [4.78, 5) is 0. The summed E-state index contributed by atoms with van der Waals surface area (Å²) in [5.41, 5.74) is 2.73. The molecule has 0 radical (unpaired) electrons. The predicted octanol–water partition coefficient (Wildman–Crippen LogP) is 1.81. The first-order chi connectivity index (χ1) is 6.33. The van der Waals surface area contributed by atoms with Gasteiger partial charge in [-0.25, -0.2) is 0 Å². The fraction of sp³-hybridized carbons (Fsp3) is 0.636. The fourth-order valence-corrected chi connectivity index (χ4v) is 1.54. The van der Waals surface area contributed by atoms with E-state index in [0.29, 0.717) is 0 Å². The zero-order valence-electron chi connectivity index (χ0n) is 8.53. The molecule has 0 aromatic carbocycles. The molecule has 13 heavy (non-hydrogen) atoms. The Kier molecular flexibility index (Phi) is 4.61. The second-order valence-electron chi connectivity index (χ2n) is 3.57. The first-order valence-electron chi connectivity index (χ1n) is 5.07. The lowest BCUT2D eigenvalue weighted by molar-refractivity contribution is 0.790. The summed E-state index contributed by atoms with van der Waals surface area (Å²) < 4.78 is 0. The van der Waals surface area contributed by atoms with Crippen molar-refractivity contribution in [2.45, 2.75) is 25.7 Å². The lowest BCUT2D eigenvalue weighted by Gasteiger charge is -2.04. The first kappa shape index (κ1) is 10.3. The molecule has 1 rings (SSSR count). The Labute approximate surface area is 81.1 Å². The summed E-state index contributed by atoms with van der Waals surface area (Å²) in [7, 11) is 1.99. The van der Waals surface area contributed by atoms with Crippen LogP contribution in [-0.4, -0.2) is 20.1 Å². The first-order valence-corrected chi connectivity index (χ1v) is 5.07. The normalized spacial score (nSPS) is 21.3. The van der Waals surface area contributed by atoms with E-state index in [-0.39, 0.29) is 0 Å². The van der Waals surface area contributed by atoms with E-state index in [9.17, 15) is 0 Å². The minimum absolute atomic E-state index is 1.00. The van der Waals surface area contributed by atoms with Crippen LogP contribution in [0.2, 0.25) is 0 Å². The van der Waals surface area contributed by atoms with Crippen molar-refractivity contribution < 1.29 is 0 Å². The second-order valence-corrected chi connectivity index (χ2v) is 3.57. The quantitative estimate of drug-likeness (QED) is 0.511. The molecule has 0 amide bonds. The van der Waals surface area contributed by atoms with Gasteiger partial charge in [0.2, 0.25) is 0 Å². The summed E-state index contributed by atoms with van der Waals surface area (Å²) >= 11 is 0. The molecule has 1 fully saturated rings. The van der Waals surface area contributed by atoms with Crippen molar-refractivity contribution in [1.29, 1.82) is 0 Å². The Balaban J connectivity index is 2.32. The highest BCUT2D eigenvalue weighted by Gasteiger charge is 2.04. The van der Waals surface area contributed by atoms with E-state index in [0.717, 1.165) is 25.9 Å². The third-order valence-electron chi connectivity index (χ3n) is 2.37. The molecule has 1 aliphatic heterocycles. The van der Waals surface area contributed by atoms with Gasteiger partial charge in [0.15, 0.2) is 0 Å². The van der Waals surface area contributed by atoms with Crippen LogP contribution in [0.4, 0.5) is 0 Å². The largest absolute Gasteiger partial charge is 0.385 e. The molecule has 0 unspecified atom stereocenters. The number of rotatable bonds is 3. The molecule has 74 valence electrons. The number of allylic oxidation sites excluding steroid dienone is 1. The Hall–Kier alpha value is -0.760. The van der Waals surface area contributed by atoms with Gasteiger partial charge in [-0.1, -0.05) is 18.2 Å². The van der Waals surface area contributed by atoms with Crippen LogP contribution in [0, 0.1) is 0 Å². The van der Waals surface area contributed by atoms with Gasteiger partial charge < -0.3 is 10.6 Å². The molecule has 0 atom stereocenters. The molecular formula is C11H20N2. The number of hydrogen-bond donors (Lipinski definition) is 2. The Morgan fingerprint density at radius 3 is 3.15 bits per heavy atom. The van der Waals surface area contributed by atoms with Gasteiger partial charge in [0.25, 0.3) is 0 Å². The summed E-state index contributed by atoms with van der Waals surface area (Å²) in [6.45, 7) is 6.03. The summed E-state index contributed by atoms with van der Waals surface area (Å²) in [6, 6.07) is 0. The highest BCUT2D eigenvalue weighted by Crippen LogP contribution is 2.14. The van der Waals surface area contributed by atoms with E-state index < -0.39 is 0 Å². The van der Waals surface area contributed by atoms with Gasteiger partial charge in [0.1, 0.15) is 0 Å². The summed E-state index contributed by atoms with van der Waals surface area (Å²) in [5, 5.41) is 6.49. The summed E-state index contributed by atoms with van der Waals surface area (Å²) in [5.74, 6) is 0. The molecule has 0 saturated carbocycles. The molecule has 0 spiro atoms. The van der Waals surface area contributed by atoms with Crippen LogP contribution in [0.5, 0.6) is 0 Å². The minimum atomic E-state index is 1.00. The topological polar surface area (TPSA) is 24.1 Å². The number of hydrogen-bond acceptors (Lipinski definition) is 2. The van der Waals surface area contributed by atoms with E-state index in [4.69, 9.17) is 0 Å². The third-order valence-corrected chi connectivity index (χ3v) is 2.37. The van der Waals surface area contributed by atoms with Crippen molar-refractivity contribution in [3.8, 4) is 0 Å². The van der Waals surface area contributed by atoms with Crippen LogP contribution < -0.4 is 10.6 Å². The number of nitrogens with one attached hydrogen (secondary N) is 2. The van der Waals surface area contributed by atoms with Crippen molar-refractivity contribution in [1.82, 2.24) is 10.6 Å².